The van der Waals surface area contributed by atoms with E-state index in [0.717, 1.165) is 11.3 Å². The number of primary sulfonamides is 1. The number of thiazole rings is 1. The average Bonchev–Trinajstić information content (AvgIpc) is 2.83. The number of nitrogens with two attached hydrogens (primary N) is 1. The first-order chi connectivity index (χ1) is 8.44. The van der Waals surface area contributed by atoms with Crippen molar-refractivity contribution in [3.8, 4) is 0 Å². The smallest absolute Gasteiger partial charge is 0.222 e. The van der Waals surface area contributed by atoms with Crippen molar-refractivity contribution in [1.82, 2.24) is 9.88 Å². The lowest BCUT2D eigenvalue weighted by Gasteiger charge is -2.15. The molecule has 1 fully saturated rings. The number of likely N-dealkylation sites (tertiary alicyclic amines) is 1. The van der Waals surface area contributed by atoms with Crippen LogP contribution in [0, 0.1) is 5.92 Å². The minimum absolute atomic E-state index is 0.00756. The topological polar surface area (TPSA) is 93.4 Å². The van der Waals surface area contributed by atoms with Crippen LogP contribution < -0.4 is 5.14 Å². The molecule has 18 heavy (non-hydrogen) atoms. The van der Waals surface area contributed by atoms with E-state index < -0.39 is 10.0 Å². The lowest BCUT2D eigenvalue weighted by Crippen LogP contribution is -2.29. The van der Waals surface area contributed by atoms with Gasteiger partial charge < -0.3 is 4.90 Å². The fourth-order valence-electron chi connectivity index (χ4n) is 2.12. The Balaban J connectivity index is 1.86. The molecule has 2 rings (SSSR count). The van der Waals surface area contributed by atoms with Crippen molar-refractivity contribution in [3.63, 3.8) is 0 Å². The molecule has 1 saturated heterocycles. The SMILES string of the molecule is NS(=O)(=O)CC1CC(=O)N(CCc2cncs2)C1. The average molecular weight is 289 g/mol. The minimum Gasteiger partial charge on any atom is -0.342 e. The van der Waals surface area contributed by atoms with Crippen LogP contribution in [-0.2, 0) is 21.2 Å². The fraction of sp³-hybridized carbons (Fsp3) is 0.600. The van der Waals surface area contributed by atoms with Gasteiger partial charge in [0.2, 0.25) is 15.9 Å². The standard InChI is InChI=1S/C10H15N3O3S2/c11-18(15,16)6-8-3-10(14)13(5-8)2-1-9-4-12-7-17-9/h4,7-8H,1-3,5-6H2,(H2,11,15,16). The number of hydrogen-bond acceptors (Lipinski definition) is 5. The lowest BCUT2D eigenvalue weighted by molar-refractivity contribution is -0.127. The summed E-state index contributed by atoms with van der Waals surface area (Å²) in [5, 5.41) is 4.99. The summed E-state index contributed by atoms with van der Waals surface area (Å²) in [6, 6.07) is 0. The minimum atomic E-state index is -3.50. The predicted octanol–water partition coefficient (Wildman–Crippen LogP) is -0.177. The third-order valence-corrected chi connectivity index (χ3v) is 4.65. The van der Waals surface area contributed by atoms with Gasteiger partial charge in [0.15, 0.2) is 0 Å². The molecule has 1 unspecified atom stereocenters. The Hall–Kier alpha value is -0.990. The van der Waals surface area contributed by atoms with Gasteiger partial charge in [-0.2, -0.15) is 0 Å². The van der Waals surface area contributed by atoms with Gasteiger partial charge in [-0.1, -0.05) is 0 Å². The molecule has 1 aliphatic heterocycles. The highest BCUT2D eigenvalue weighted by Crippen LogP contribution is 2.19. The number of rotatable bonds is 5. The number of amides is 1. The molecule has 0 saturated carbocycles. The summed E-state index contributed by atoms with van der Waals surface area (Å²) in [6.07, 6.45) is 2.82. The largest absolute Gasteiger partial charge is 0.342 e. The van der Waals surface area contributed by atoms with Crippen molar-refractivity contribution in [3.05, 3.63) is 16.6 Å². The van der Waals surface area contributed by atoms with Crippen LogP contribution in [0.2, 0.25) is 0 Å². The normalized spacial score (nSPS) is 20.6. The van der Waals surface area contributed by atoms with Crippen molar-refractivity contribution in [2.45, 2.75) is 12.8 Å². The molecule has 0 aliphatic carbocycles. The third kappa shape index (κ3) is 3.76. The maximum Gasteiger partial charge on any atom is 0.222 e. The summed E-state index contributed by atoms with van der Waals surface area (Å²) >= 11 is 1.55. The molecule has 1 aliphatic rings. The molecule has 6 nitrogen and oxygen atoms in total. The van der Waals surface area contributed by atoms with Crippen LogP contribution in [0.4, 0.5) is 0 Å². The molecule has 1 atom stereocenters. The number of aromatic nitrogens is 1. The van der Waals surface area contributed by atoms with Gasteiger partial charge in [0.25, 0.3) is 0 Å². The van der Waals surface area contributed by atoms with E-state index in [1.807, 2.05) is 0 Å². The number of hydrogen-bond donors (Lipinski definition) is 1. The second-order valence-electron chi connectivity index (χ2n) is 4.46. The zero-order valence-corrected chi connectivity index (χ0v) is 11.4. The van der Waals surface area contributed by atoms with Crippen molar-refractivity contribution in [1.29, 1.82) is 0 Å². The number of carbonyl (C=O) groups is 1. The second kappa shape index (κ2) is 5.33. The van der Waals surface area contributed by atoms with Crippen molar-refractivity contribution in [2.75, 3.05) is 18.8 Å². The quantitative estimate of drug-likeness (QED) is 0.814. The maximum absolute atomic E-state index is 11.7. The lowest BCUT2D eigenvalue weighted by atomic mass is 10.1. The molecular weight excluding hydrogens is 274 g/mol. The Morgan fingerprint density at radius 3 is 2.94 bits per heavy atom. The van der Waals surface area contributed by atoms with E-state index in [1.54, 1.807) is 27.9 Å². The molecule has 0 bridgehead atoms. The molecular formula is C10H15N3O3S2. The molecule has 2 heterocycles. The Bertz CT molecular complexity index is 512. The van der Waals surface area contributed by atoms with Crippen LogP contribution >= 0.6 is 11.3 Å². The van der Waals surface area contributed by atoms with E-state index in [9.17, 15) is 13.2 Å². The van der Waals surface area contributed by atoms with E-state index in [4.69, 9.17) is 5.14 Å². The van der Waals surface area contributed by atoms with Crippen molar-refractivity contribution in [2.24, 2.45) is 11.1 Å². The Kier molecular flexibility index (Phi) is 3.98. The Morgan fingerprint density at radius 1 is 1.56 bits per heavy atom. The van der Waals surface area contributed by atoms with Crippen molar-refractivity contribution >= 4 is 27.3 Å². The molecule has 2 N–H and O–H groups in total. The van der Waals surface area contributed by atoms with E-state index in [2.05, 4.69) is 4.98 Å². The predicted molar refractivity (Wildman–Crippen MR) is 68.5 cm³/mol. The van der Waals surface area contributed by atoms with Crippen LogP contribution in [0.25, 0.3) is 0 Å². The molecule has 1 aromatic heterocycles. The summed E-state index contributed by atoms with van der Waals surface area (Å²) in [5.74, 6) is -0.280. The highest BCUT2D eigenvalue weighted by molar-refractivity contribution is 7.89. The first-order valence-corrected chi connectivity index (χ1v) is 8.19. The van der Waals surface area contributed by atoms with Crippen molar-refractivity contribution < 1.29 is 13.2 Å². The highest BCUT2D eigenvalue weighted by Gasteiger charge is 2.31. The summed E-state index contributed by atoms with van der Waals surface area (Å²) in [6.45, 7) is 1.09. The number of sulfonamides is 1. The molecule has 100 valence electrons. The van der Waals surface area contributed by atoms with Crippen LogP contribution in [0.5, 0.6) is 0 Å². The first kappa shape index (κ1) is 13.4. The van der Waals surface area contributed by atoms with E-state index in [0.29, 0.717) is 13.1 Å². The highest BCUT2D eigenvalue weighted by atomic mass is 32.2. The van der Waals surface area contributed by atoms with Gasteiger partial charge in [0.1, 0.15) is 0 Å². The fourth-order valence-corrected chi connectivity index (χ4v) is 3.59. The molecule has 1 aromatic rings. The number of nitrogens with zero attached hydrogens (tertiary/aromatic N) is 2. The van der Waals surface area contributed by atoms with Gasteiger partial charge in [-0.15, -0.1) is 11.3 Å². The second-order valence-corrected chi connectivity index (χ2v) is 7.09. The van der Waals surface area contributed by atoms with E-state index >= 15 is 0 Å². The van der Waals surface area contributed by atoms with E-state index in [1.165, 1.54) is 0 Å². The monoisotopic (exact) mass is 289 g/mol. The van der Waals surface area contributed by atoms with Gasteiger partial charge >= 0.3 is 0 Å². The molecule has 1 amide bonds. The molecule has 0 spiro atoms. The number of carbonyl (C=O) groups excluding carboxylic acids is 1. The summed E-state index contributed by atoms with van der Waals surface area (Å²) < 4.78 is 22.0. The Morgan fingerprint density at radius 2 is 2.33 bits per heavy atom. The van der Waals surface area contributed by atoms with Gasteiger partial charge in [-0.25, -0.2) is 13.6 Å². The maximum atomic E-state index is 11.7. The van der Waals surface area contributed by atoms with Gasteiger partial charge in [0.05, 0.1) is 11.3 Å². The summed E-state index contributed by atoms with van der Waals surface area (Å²) in [4.78, 5) is 18.5. The Labute approximate surface area is 110 Å². The first-order valence-electron chi connectivity index (χ1n) is 5.59. The van der Waals surface area contributed by atoms with Gasteiger partial charge in [0, 0.05) is 42.9 Å². The molecule has 0 radical (unpaired) electrons. The van der Waals surface area contributed by atoms with Crippen LogP contribution in [-0.4, -0.2) is 43.1 Å². The zero-order chi connectivity index (χ0) is 13.2. The summed E-state index contributed by atoms with van der Waals surface area (Å²) in [7, 11) is -3.50. The van der Waals surface area contributed by atoms with Crippen LogP contribution in [0.1, 0.15) is 11.3 Å². The third-order valence-electron chi connectivity index (χ3n) is 2.87. The summed E-state index contributed by atoms with van der Waals surface area (Å²) in [5.41, 5.74) is 1.75. The van der Waals surface area contributed by atoms with Gasteiger partial charge in [-0.05, 0) is 0 Å². The molecule has 0 aromatic carbocycles. The van der Waals surface area contributed by atoms with E-state index in [-0.39, 0.29) is 24.0 Å². The zero-order valence-electron chi connectivity index (χ0n) is 9.78. The van der Waals surface area contributed by atoms with Crippen LogP contribution in [0.15, 0.2) is 11.7 Å². The van der Waals surface area contributed by atoms with Crippen LogP contribution in [0.3, 0.4) is 0 Å². The van der Waals surface area contributed by atoms with Gasteiger partial charge in [-0.3, -0.25) is 9.78 Å². The molecule has 8 heteroatoms.